The molecule has 0 fully saturated rings. The van der Waals surface area contributed by atoms with E-state index in [4.69, 9.17) is 25.8 Å². The van der Waals surface area contributed by atoms with Gasteiger partial charge in [-0.1, -0.05) is 11.6 Å². The highest BCUT2D eigenvalue weighted by atomic mass is 79.9. The normalized spacial score (nSPS) is 12.4. The van der Waals surface area contributed by atoms with E-state index >= 15 is 0 Å². The Bertz CT molecular complexity index is 780. The van der Waals surface area contributed by atoms with E-state index in [1.807, 2.05) is 0 Å². The van der Waals surface area contributed by atoms with E-state index in [9.17, 15) is 4.79 Å². The van der Waals surface area contributed by atoms with Crippen LogP contribution >= 0.6 is 27.5 Å². The molecular formula is C16H12BrClN2O4. The topological polar surface area (TPSA) is 69.2 Å². The van der Waals surface area contributed by atoms with E-state index < -0.39 is 0 Å². The molecule has 1 aliphatic heterocycles. The number of carbonyl (C=O) groups excluding carboxylic acids is 1. The number of halogens is 2. The summed E-state index contributed by atoms with van der Waals surface area (Å²) in [6, 6.07) is 10.3. The summed E-state index contributed by atoms with van der Waals surface area (Å²) in [5.41, 5.74) is 3.14. The third-order valence-corrected chi connectivity index (χ3v) is 4.01. The Labute approximate surface area is 151 Å². The lowest BCUT2D eigenvalue weighted by Crippen LogP contribution is -2.24. The number of amides is 1. The second-order valence-electron chi connectivity index (χ2n) is 4.76. The van der Waals surface area contributed by atoms with Gasteiger partial charge in [-0.2, -0.15) is 5.10 Å². The number of nitrogens with one attached hydrogen (secondary N) is 1. The van der Waals surface area contributed by atoms with Crippen LogP contribution in [0.1, 0.15) is 5.56 Å². The summed E-state index contributed by atoms with van der Waals surface area (Å²) in [6.45, 7) is 0.0441. The van der Waals surface area contributed by atoms with E-state index in [0.29, 0.717) is 22.3 Å². The lowest BCUT2D eigenvalue weighted by atomic mass is 10.2. The monoisotopic (exact) mass is 410 g/mol. The summed E-state index contributed by atoms with van der Waals surface area (Å²) in [6.07, 6.45) is 1.51. The van der Waals surface area contributed by atoms with E-state index in [0.717, 1.165) is 10.0 Å². The second-order valence-corrected chi connectivity index (χ2v) is 6.05. The number of ether oxygens (including phenoxy) is 3. The minimum Gasteiger partial charge on any atom is -0.484 e. The minimum atomic E-state index is -0.377. The third-order valence-electron chi connectivity index (χ3n) is 3.07. The zero-order valence-corrected chi connectivity index (χ0v) is 14.6. The fourth-order valence-corrected chi connectivity index (χ4v) is 2.47. The molecular weight excluding hydrogens is 400 g/mol. The van der Waals surface area contributed by atoms with Crippen LogP contribution in [-0.2, 0) is 4.79 Å². The molecule has 1 amide bonds. The molecule has 0 spiro atoms. The van der Waals surface area contributed by atoms with Crippen molar-refractivity contribution in [3.8, 4) is 17.2 Å². The molecule has 0 atom stereocenters. The van der Waals surface area contributed by atoms with Gasteiger partial charge in [0.1, 0.15) is 5.75 Å². The van der Waals surface area contributed by atoms with Gasteiger partial charge in [-0.3, -0.25) is 4.79 Å². The molecule has 0 unspecified atom stereocenters. The predicted octanol–water partition coefficient (Wildman–Crippen LogP) is 3.36. The van der Waals surface area contributed by atoms with Crippen molar-refractivity contribution >= 4 is 39.7 Å². The molecule has 3 rings (SSSR count). The van der Waals surface area contributed by atoms with Crippen molar-refractivity contribution in [3.05, 3.63) is 51.5 Å². The van der Waals surface area contributed by atoms with Gasteiger partial charge in [0.15, 0.2) is 18.1 Å². The van der Waals surface area contributed by atoms with E-state index in [2.05, 4.69) is 26.5 Å². The zero-order chi connectivity index (χ0) is 16.9. The van der Waals surface area contributed by atoms with Gasteiger partial charge in [-0.05, 0) is 52.3 Å². The molecule has 0 aliphatic carbocycles. The second kappa shape index (κ2) is 7.55. The van der Waals surface area contributed by atoms with E-state index in [1.165, 1.54) is 6.21 Å². The highest BCUT2D eigenvalue weighted by Crippen LogP contribution is 2.36. The highest BCUT2D eigenvalue weighted by Gasteiger charge is 2.15. The lowest BCUT2D eigenvalue weighted by molar-refractivity contribution is -0.123. The van der Waals surface area contributed by atoms with Gasteiger partial charge in [0.25, 0.3) is 5.91 Å². The first kappa shape index (κ1) is 16.6. The van der Waals surface area contributed by atoms with Crippen LogP contribution in [0.4, 0.5) is 0 Å². The van der Waals surface area contributed by atoms with Crippen LogP contribution in [-0.4, -0.2) is 25.5 Å². The Morgan fingerprint density at radius 2 is 2.00 bits per heavy atom. The van der Waals surface area contributed by atoms with Gasteiger partial charge < -0.3 is 14.2 Å². The molecule has 124 valence electrons. The Morgan fingerprint density at radius 1 is 1.29 bits per heavy atom. The summed E-state index contributed by atoms with van der Waals surface area (Å²) in [4.78, 5) is 11.7. The van der Waals surface area contributed by atoms with Gasteiger partial charge in [0.2, 0.25) is 6.79 Å². The van der Waals surface area contributed by atoms with E-state index in [-0.39, 0.29) is 19.3 Å². The maximum absolute atomic E-state index is 11.7. The number of hydrogen-bond donors (Lipinski definition) is 1. The Kier molecular flexibility index (Phi) is 5.22. The van der Waals surface area contributed by atoms with Gasteiger partial charge in [0, 0.05) is 15.1 Å². The highest BCUT2D eigenvalue weighted by molar-refractivity contribution is 9.10. The number of fused-ring (bicyclic) bond motifs is 1. The molecule has 0 saturated carbocycles. The Morgan fingerprint density at radius 3 is 2.75 bits per heavy atom. The SMILES string of the molecule is O=C(COc1ccc(Cl)cc1)N/N=C/c1cc2c(cc1Br)OCO2. The zero-order valence-electron chi connectivity index (χ0n) is 12.3. The van der Waals surface area contributed by atoms with Crippen LogP contribution in [0.15, 0.2) is 46.0 Å². The van der Waals surface area contributed by atoms with Crippen LogP contribution in [0.3, 0.4) is 0 Å². The first-order chi connectivity index (χ1) is 11.6. The number of nitrogens with zero attached hydrogens (tertiary/aromatic N) is 1. The van der Waals surface area contributed by atoms with Gasteiger partial charge in [-0.25, -0.2) is 5.43 Å². The number of rotatable bonds is 5. The van der Waals surface area contributed by atoms with Crippen molar-refractivity contribution in [3.63, 3.8) is 0 Å². The lowest BCUT2D eigenvalue weighted by Gasteiger charge is -2.05. The average Bonchev–Trinajstić information content (AvgIpc) is 3.01. The van der Waals surface area contributed by atoms with Crippen LogP contribution in [0.25, 0.3) is 0 Å². The molecule has 8 heteroatoms. The Hall–Kier alpha value is -2.25. The van der Waals surface area contributed by atoms with Crippen LogP contribution in [0, 0.1) is 0 Å². The molecule has 0 radical (unpaired) electrons. The molecule has 1 aliphatic rings. The summed E-state index contributed by atoms with van der Waals surface area (Å²) in [5, 5.41) is 4.50. The van der Waals surface area contributed by atoms with Gasteiger partial charge >= 0.3 is 0 Å². The summed E-state index contributed by atoms with van der Waals surface area (Å²) < 4.78 is 16.7. The standard InChI is InChI=1S/C16H12BrClN2O4/c17-13-6-15-14(23-9-24-15)5-10(13)7-19-20-16(21)8-22-12-3-1-11(18)2-4-12/h1-7H,8-9H2,(H,20,21)/b19-7+. The van der Waals surface area contributed by atoms with Crippen molar-refractivity contribution in [1.29, 1.82) is 0 Å². The minimum absolute atomic E-state index is 0.152. The molecule has 1 heterocycles. The quantitative estimate of drug-likeness (QED) is 0.605. The van der Waals surface area contributed by atoms with Crippen molar-refractivity contribution in [2.75, 3.05) is 13.4 Å². The van der Waals surface area contributed by atoms with Crippen molar-refractivity contribution in [2.45, 2.75) is 0 Å². The molecule has 0 bridgehead atoms. The predicted molar refractivity (Wildman–Crippen MR) is 92.9 cm³/mol. The van der Waals surface area contributed by atoms with Crippen molar-refractivity contribution in [2.24, 2.45) is 5.10 Å². The summed E-state index contributed by atoms with van der Waals surface area (Å²) in [7, 11) is 0. The Balaban J connectivity index is 1.52. The average molecular weight is 412 g/mol. The maximum atomic E-state index is 11.7. The molecule has 1 N–H and O–H groups in total. The smallest absolute Gasteiger partial charge is 0.277 e. The molecule has 6 nitrogen and oxygen atoms in total. The molecule has 24 heavy (non-hydrogen) atoms. The summed E-state index contributed by atoms with van der Waals surface area (Å²) in [5.74, 6) is 1.48. The number of benzene rings is 2. The first-order valence-corrected chi connectivity index (χ1v) is 8.08. The molecule has 2 aromatic rings. The number of hydrazone groups is 1. The third kappa shape index (κ3) is 4.18. The fourth-order valence-electron chi connectivity index (χ4n) is 1.92. The molecule has 2 aromatic carbocycles. The molecule has 0 aromatic heterocycles. The van der Waals surface area contributed by atoms with Gasteiger partial charge in [0.05, 0.1) is 6.21 Å². The maximum Gasteiger partial charge on any atom is 0.277 e. The largest absolute Gasteiger partial charge is 0.484 e. The first-order valence-electron chi connectivity index (χ1n) is 6.91. The van der Waals surface area contributed by atoms with Crippen molar-refractivity contribution in [1.82, 2.24) is 5.43 Å². The van der Waals surface area contributed by atoms with Crippen LogP contribution < -0.4 is 19.6 Å². The van der Waals surface area contributed by atoms with Crippen LogP contribution in [0.2, 0.25) is 5.02 Å². The molecule has 0 saturated heterocycles. The fraction of sp³-hybridized carbons (Fsp3) is 0.125. The number of carbonyl (C=O) groups is 1. The number of hydrogen-bond acceptors (Lipinski definition) is 5. The van der Waals surface area contributed by atoms with Gasteiger partial charge in [-0.15, -0.1) is 0 Å². The van der Waals surface area contributed by atoms with Crippen LogP contribution in [0.5, 0.6) is 17.2 Å². The van der Waals surface area contributed by atoms with E-state index in [1.54, 1.807) is 36.4 Å². The summed E-state index contributed by atoms with van der Waals surface area (Å²) >= 11 is 9.18. The van der Waals surface area contributed by atoms with Crippen molar-refractivity contribution < 1.29 is 19.0 Å².